The maximum atomic E-state index is 13.1. The quantitative estimate of drug-likeness (QED) is 0.0605. The minimum absolute atomic E-state index is 0. The number of carbonyl (C=O) groups is 5. The van der Waals surface area contributed by atoms with Crippen LogP contribution in [0.15, 0.2) is 0 Å². The van der Waals surface area contributed by atoms with E-state index in [1.807, 2.05) is 41.5 Å². The van der Waals surface area contributed by atoms with Crippen molar-refractivity contribution < 1.29 is 43.7 Å². The Labute approximate surface area is 367 Å². The van der Waals surface area contributed by atoms with E-state index in [1.54, 1.807) is 13.8 Å². The van der Waals surface area contributed by atoms with E-state index < -0.39 is 53.7 Å². The first-order chi connectivity index (χ1) is 27.2. The first kappa shape index (κ1) is 59.7. The SMILES string of the molecule is C.CC(C)C(N)C(C)O.CCC(C)C(C)CC(C)CC(C)C(CC(C)C)C(=O)NC(C(C)C)C(C)O.CCC1C(=O)OC(=O)C1CC(C)CC1C(=O)OC(=O)C1CC(C)C. The molecule has 0 aliphatic carbocycles. The number of aliphatic hydroxyl groups is 2. The van der Waals surface area contributed by atoms with E-state index in [-0.39, 0.29) is 55.2 Å². The minimum atomic E-state index is -0.528. The number of cyclic esters (lactones) is 4. The Bertz CT molecular complexity index is 1250. The predicted molar refractivity (Wildman–Crippen MR) is 243 cm³/mol. The van der Waals surface area contributed by atoms with Crippen LogP contribution in [0.5, 0.6) is 0 Å². The number of hydrogen-bond acceptors (Lipinski definition) is 10. The molecule has 0 bridgehead atoms. The molecule has 0 aromatic carbocycles. The van der Waals surface area contributed by atoms with Crippen LogP contribution in [-0.4, -0.2) is 64.3 Å². The van der Waals surface area contributed by atoms with Crippen LogP contribution in [0.4, 0.5) is 0 Å². The maximum Gasteiger partial charge on any atom is 0.317 e. The molecule has 11 heteroatoms. The van der Waals surface area contributed by atoms with Crippen molar-refractivity contribution in [1.29, 1.82) is 0 Å². The van der Waals surface area contributed by atoms with Crippen molar-refractivity contribution in [2.24, 2.45) is 88.6 Å². The third kappa shape index (κ3) is 20.7. The second kappa shape index (κ2) is 29.1. The zero-order chi connectivity index (χ0) is 46.1. The van der Waals surface area contributed by atoms with E-state index in [0.29, 0.717) is 49.4 Å². The van der Waals surface area contributed by atoms with Gasteiger partial charge in [-0.25, -0.2) is 0 Å². The lowest BCUT2D eigenvalue weighted by atomic mass is 9.77. The number of carbonyl (C=O) groups excluding carboxylic acids is 5. The Morgan fingerprint density at radius 2 is 1.02 bits per heavy atom. The largest absolute Gasteiger partial charge is 0.393 e. The Balaban J connectivity index is 0. The van der Waals surface area contributed by atoms with Crippen molar-refractivity contribution in [3.8, 4) is 0 Å². The summed E-state index contributed by atoms with van der Waals surface area (Å²) in [4.78, 5) is 60.5. The van der Waals surface area contributed by atoms with Gasteiger partial charge in [0, 0.05) is 12.0 Å². The molecule has 0 saturated carbocycles. The molecule has 1 amide bonds. The molecule has 0 spiro atoms. The molecule has 11 nitrogen and oxygen atoms in total. The number of nitrogens with two attached hydrogens (primary N) is 1. The second-order valence-corrected chi connectivity index (χ2v) is 20.3. The molecular weight excluding hydrogens is 761 g/mol. The monoisotopic (exact) mass is 855 g/mol. The van der Waals surface area contributed by atoms with Crippen LogP contribution >= 0.6 is 0 Å². The highest BCUT2D eigenvalue weighted by Crippen LogP contribution is 2.38. The van der Waals surface area contributed by atoms with Crippen molar-refractivity contribution in [2.45, 2.75) is 201 Å². The molecule has 14 unspecified atom stereocenters. The van der Waals surface area contributed by atoms with Crippen LogP contribution in [0.1, 0.15) is 176 Å². The van der Waals surface area contributed by atoms with Gasteiger partial charge in [0.25, 0.3) is 0 Å². The normalized spacial score (nSPS) is 24.1. The molecule has 2 aliphatic heterocycles. The average molecular weight is 855 g/mol. The van der Waals surface area contributed by atoms with Gasteiger partial charge in [0.05, 0.1) is 41.9 Å². The lowest BCUT2D eigenvalue weighted by Crippen LogP contribution is -2.49. The summed E-state index contributed by atoms with van der Waals surface area (Å²) in [5.41, 5.74) is 5.51. The first-order valence-corrected chi connectivity index (χ1v) is 23.1. The summed E-state index contributed by atoms with van der Waals surface area (Å²) in [5.74, 6) is 0.472. The smallest absolute Gasteiger partial charge is 0.317 e. The van der Waals surface area contributed by atoms with Gasteiger partial charge >= 0.3 is 23.9 Å². The lowest BCUT2D eigenvalue weighted by Gasteiger charge is -2.32. The number of esters is 4. The molecule has 354 valence electrons. The zero-order valence-corrected chi connectivity index (χ0v) is 40.4. The minimum Gasteiger partial charge on any atom is -0.393 e. The molecule has 14 atom stereocenters. The van der Waals surface area contributed by atoms with Gasteiger partial charge in [0.2, 0.25) is 5.91 Å². The summed E-state index contributed by atoms with van der Waals surface area (Å²) in [6.45, 7) is 35.3. The fourth-order valence-corrected chi connectivity index (χ4v) is 8.80. The fourth-order valence-electron chi connectivity index (χ4n) is 8.80. The van der Waals surface area contributed by atoms with Crippen LogP contribution in [0, 0.1) is 82.9 Å². The predicted octanol–water partition coefficient (Wildman–Crippen LogP) is 9.38. The van der Waals surface area contributed by atoms with Gasteiger partial charge in [0.1, 0.15) is 0 Å². The van der Waals surface area contributed by atoms with Crippen LogP contribution in [0.2, 0.25) is 0 Å². The molecule has 2 aliphatic rings. The maximum absolute atomic E-state index is 13.1. The van der Waals surface area contributed by atoms with E-state index in [9.17, 15) is 29.1 Å². The van der Waals surface area contributed by atoms with Crippen LogP contribution in [0.3, 0.4) is 0 Å². The van der Waals surface area contributed by atoms with Crippen molar-refractivity contribution >= 4 is 29.8 Å². The van der Waals surface area contributed by atoms with E-state index >= 15 is 0 Å². The van der Waals surface area contributed by atoms with E-state index in [4.69, 9.17) is 20.3 Å². The number of hydrogen-bond donors (Lipinski definition) is 4. The van der Waals surface area contributed by atoms with Crippen molar-refractivity contribution in [3.05, 3.63) is 0 Å². The van der Waals surface area contributed by atoms with Crippen LogP contribution < -0.4 is 11.1 Å². The number of rotatable bonds is 22. The average Bonchev–Trinajstić information content (AvgIpc) is 3.54. The summed E-state index contributed by atoms with van der Waals surface area (Å²) in [6.07, 6.45) is 5.69. The van der Waals surface area contributed by atoms with Gasteiger partial charge in [-0.05, 0) is 112 Å². The topological polar surface area (TPSA) is 182 Å². The van der Waals surface area contributed by atoms with Gasteiger partial charge in [-0.2, -0.15) is 0 Å². The van der Waals surface area contributed by atoms with Gasteiger partial charge in [-0.15, -0.1) is 0 Å². The second-order valence-electron chi connectivity index (χ2n) is 20.3. The molecule has 0 radical (unpaired) electrons. The molecule has 2 heterocycles. The van der Waals surface area contributed by atoms with Crippen molar-refractivity contribution in [1.82, 2.24) is 5.32 Å². The number of aliphatic hydroxyl groups excluding tert-OH is 2. The third-order valence-electron chi connectivity index (χ3n) is 12.8. The van der Waals surface area contributed by atoms with Crippen LogP contribution in [-0.2, 0) is 33.4 Å². The van der Waals surface area contributed by atoms with Gasteiger partial charge in [-0.1, -0.05) is 118 Å². The van der Waals surface area contributed by atoms with E-state index in [0.717, 1.165) is 24.7 Å². The summed E-state index contributed by atoms with van der Waals surface area (Å²) < 4.78 is 9.55. The standard InChI is InChI=1S/C24H49NO2.C18H26O6.C6H15NO.CH4/c1-11-18(7)19(8)13-17(6)14-20(9)22(12-15(2)3)24(27)25-23(16(4)5)21(10)26;1-5-11-13(17(21)23-15(11)19)7-10(4)8-14-12(6-9(2)3)16(20)24-18(14)22;1-4(2)6(7)5(3)8;/h15-23,26H,11-14H2,1-10H3,(H,25,27);9-14H,5-8H2,1-4H3;4-6,8H,7H2,1-3H3;1H4. The Morgan fingerprint density at radius 1 is 0.583 bits per heavy atom. The number of ether oxygens (including phenoxy) is 2. The highest BCUT2D eigenvalue weighted by atomic mass is 16.6. The molecule has 60 heavy (non-hydrogen) atoms. The van der Waals surface area contributed by atoms with E-state index in [2.05, 4.69) is 67.6 Å². The van der Waals surface area contributed by atoms with E-state index in [1.165, 1.54) is 12.8 Å². The van der Waals surface area contributed by atoms with Gasteiger partial charge in [-0.3, -0.25) is 24.0 Å². The van der Waals surface area contributed by atoms with Crippen molar-refractivity contribution in [2.75, 3.05) is 0 Å². The zero-order valence-electron chi connectivity index (χ0n) is 40.4. The summed E-state index contributed by atoms with van der Waals surface area (Å²) in [5, 5.41) is 22.1. The first-order valence-electron chi connectivity index (χ1n) is 23.1. The summed E-state index contributed by atoms with van der Waals surface area (Å²) in [7, 11) is 0. The third-order valence-corrected chi connectivity index (χ3v) is 12.8. The highest BCUT2D eigenvalue weighted by molar-refractivity contribution is 5.97. The molecular formula is C49H94N2O9. The molecule has 5 N–H and O–H groups in total. The molecule has 0 aromatic heterocycles. The van der Waals surface area contributed by atoms with Crippen molar-refractivity contribution in [3.63, 3.8) is 0 Å². The molecule has 0 aromatic rings. The Hall–Kier alpha value is -2.37. The number of amides is 1. The fraction of sp³-hybridized carbons (Fsp3) is 0.898. The molecule has 2 saturated heterocycles. The number of nitrogens with one attached hydrogen (secondary N) is 1. The molecule has 2 rings (SSSR count). The lowest BCUT2D eigenvalue weighted by molar-refractivity contribution is -0.155. The Kier molecular flexibility index (Phi) is 28.9. The summed E-state index contributed by atoms with van der Waals surface area (Å²) in [6, 6.07) is -0.253. The summed E-state index contributed by atoms with van der Waals surface area (Å²) >= 11 is 0. The Morgan fingerprint density at radius 3 is 1.37 bits per heavy atom. The van der Waals surface area contributed by atoms with Crippen LogP contribution in [0.25, 0.3) is 0 Å². The highest BCUT2D eigenvalue weighted by Gasteiger charge is 2.47. The van der Waals surface area contributed by atoms with Gasteiger partial charge in [0.15, 0.2) is 0 Å². The van der Waals surface area contributed by atoms with Gasteiger partial charge < -0.3 is 30.7 Å². The molecule has 2 fully saturated rings.